The van der Waals surface area contributed by atoms with Gasteiger partial charge in [0.1, 0.15) is 11.6 Å². The molecular formula is C11H15N3O2. The number of carbonyl (C=O) groups excluding carboxylic acids is 1. The minimum absolute atomic E-state index is 0.147. The Labute approximate surface area is 94.6 Å². The van der Waals surface area contributed by atoms with Crippen LogP contribution in [0.5, 0.6) is 0 Å². The predicted octanol–water partition coefficient (Wildman–Crippen LogP) is 0.838. The van der Waals surface area contributed by atoms with E-state index in [1.165, 1.54) is 0 Å². The van der Waals surface area contributed by atoms with Gasteiger partial charge in [0.2, 0.25) is 0 Å². The summed E-state index contributed by atoms with van der Waals surface area (Å²) in [5.74, 6) is 2.93. The number of nitrogens with zero attached hydrogens (tertiary/aromatic N) is 2. The van der Waals surface area contributed by atoms with Crippen LogP contribution in [-0.4, -0.2) is 22.1 Å². The fourth-order valence-electron chi connectivity index (χ4n) is 1.40. The normalized spacial score (nSPS) is 9.81. The predicted molar refractivity (Wildman–Crippen MR) is 60.8 cm³/mol. The highest BCUT2D eigenvalue weighted by Crippen LogP contribution is 2.16. The molecule has 0 aliphatic rings. The lowest BCUT2D eigenvalue weighted by molar-refractivity contribution is 0.0521. The first kappa shape index (κ1) is 12.1. The quantitative estimate of drug-likeness (QED) is 0.604. The first-order chi connectivity index (χ1) is 7.65. The Bertz CT molecular complexity index is 429. The smallest absolute Gasteiger partial charge is 0.360 e. The van der Waals surface area contributed by atoms with Gasteiger partial charge in [0.15, 0.2) is 5.69 Å². The summed E-state index contributed by atoms with van der Waals surface area (Å²) < 4.78 is 6.50. The van der Waals surface area contributed by atoms with Crippen LogP contribution in [0.3, 0.4) is 0 Å². The molecule has 0 atom stereocenters. The molecule has 0 saturated carbocycles. The molecule has 0 bridgehead atoms. The molecule has 2 N–H and O–H groups in total. The number of esters is 1. The van der Waals surface area contributed by atoms with E-state index >= 15 is 0 Å². The average Bonchev–Trinajstić information content (AvgIpc) is 2.57. The van der Waals surface area contributed by atoms with Crippen LogP contribution in [0.1, 0.15) is 30.2 Å². The van der Waals surface area contributed by atoms with Crippen LogP contribution < -0.4 is 5.73 Å². The summed E-state index contributed by atoms with van der Waals surface area (Å²) in [4.78, 5) is 15.7. The lowest BCUT2D eigenvalue weighted by Crippen LogP contribution is -2.10. The summed E-state index contributed by atoms with van der Waals surface area (Å²) in [5, 5.41) is 0. The molecule has 16 heavy (non-hydrogen) atoms. The van der Waals surface area contributed by atoms with Crippen molar-refractivity contribution in [3.63, 3.8) is 0 Å². The van der Waals surface area contributed by atoms with Gasteiger partial charge >= 0.3 is 5.97 Å². The fraction of sp³-hybridized carbons (Fsp3) is 0.455. The first-order valence-corrected chi connectivity index (χ1v) is 5.11. The zero-order valence-electron chi connectivity index (χ0n) is 9.49. The van der Waals surface area contributed by atoms with E-state index in [0.29, 0.717) is 25.4 Å². The number of aryl methyl sites for hydroxylation is 1. The molecule has 5 nitrogen and oxygen atoms in total. The molecule has 1 aromatic heterocycles. The summed E-state index contributed by atoms with van der Waals surface area (Å²) in [5.41, 5.74) is 5.95. The van der Waals surface area contributed by atoms with E-state index in [-0.39, 0.29) is 11.5 Å². The van der Waals surface area contributed by atoms with Crippen molar-refractivity contribution in [1.82, 2.24) is 9.55 Å². The molecule has 1 heterocycles. The Hall–Kier alpha value is -1.96. The third-order valence-corrected chi connectivity index (χ3v) is 2.12. The van der Waals surface area contributed by atoms with Crippen molar-refractivity contribution in [2.24, 2.45) is 0 Å². The lowest BCUT2D eigenvalue weighted by Gasteiger charge is -2.03. The number of imidazole rings is 1. The Morgan fingerprint density at radius 2 is 2.31 bits per heavy atom. The van der Waals surface area contributed by atoms with Crippen LogP contribution >= 0.6 is 0 Å². The largest absolute Gasteiger partial charge is 0.461 e. The van der Waals surface area contributed by atoms with Gasteiger partial charge < -0.3 is 15.0 Å². The first-order valence-electron chi connectivity index (χ1n) is 5.11. The van der Waals surface area contributed by atoms with Crippen molar-refractivity contribution in [1.29, 1.82) is 0 Å². The zero-order valence-corrected chi connectivity index (χ0v) is 9.49. The van der Waals surface area contributed by atoms with Crippen LogP contribution in [-0.2, 0) is 17.7 Å². The van der Waals surface area contributed by atoms with Crippen LogP contribution in [0.15, 0.2) is 0 Å². The second-order valence-electron chi connectivity index (χ2n) is 3.13. The third kappa shape index (κ3) is 2.16. The Morgan fingerprint density at radius 1 is 1.62 bits per heavy atom. The summed E-state index contributed by atoms with van der Waals surface area (Å²) in [7, 11) is 0. The zero-order chi connectivity index (χ0) is 12.1. The maximum absolute atomic E-state index is 11.5. The highest BCUT2D eigenvalue weighted by Gasteiger charge is 2.19. The molecule has 0 aliphatic carbocycles. The highest BCUT2D eigenvalue weighted by molar-refractivity contribution is 5.92. The molecule has 0 amide bonds. The Morgan fingerprint density at radius 3 is 2.81 bits per heavy atom. The van der Waals surface area contributed by atoms with E-state index in [1.54, 1.807) is 11.5 Å². The molecule has 0 aliphatic heterocycles. The maximum atomic E-state index is 11.5. The molecule has 1 rings (SSSR count). The number of rotatable bonds is 4. The second-order valence-corrected chi connectivity index (χ2v) is 3.13. The SMILES string of the molecule is C#CCn1c(CC)nc(C(=O)OCC)c1N. The minimum Gasteiger partial charge on any atom is -0.461 e. The van der Waals surface area contributed by atoms with Gasteiger partial charge in [0.05, 0.1) is 13.2 Å². The average molecular weight is 221 g/mol. The van der Waals surface area contributed by atoms with Gasteiger partial charge in [0.25, 0.3) is 0 Å². The van der Waals surface area contributed by atoms with Crippen molar-refractivity contribution < 1.29 is 9.53 Å². The van der Waals surface area contributed by atoms with Gasteiger partial charge in [-0.1, -0.05) is 12.8 Å². The van der Waals surface area contributed by atoms with Gasteiger partial charge in [-0.2, -0.15) is 0 Å². The third-order valence-electron chi connectivity index (χ3n) is 2.12. The molecule has 0 fully saturated rings. The van der Waals surface area contributed by atoms with Gasteiger partial charge in [-0.3, -0.25) is 0 Å². The molecule has 86 valence electrons. The Balaban J connectivity index is 3.13. The molecule has 0 saturated heterocycles. The van der Waals surface area contributed by atoms with Crippen molar-refractivity contribution in [2.45, 2.75) is 26.8 Å². The van der Waals surface area contributed by atoms with Crippen LogP contribution in [0.4, 0.5) is 5.82 Å². The summed E-state index contributed by atoms with van der Waals surface area (Å²) >= 11 is 0. The van der Waals surface area contributed by atoms with Crippen molar-refractivity contribution in [3.8, 4) is 12.3 Å². The van der Waals surface area contributed by atoms with Crippen LogP contribution in [0.2, 0.25) is 0 Å². The lowest BCUT2D eigenvalue weighted by atomic mass is 10.4. The number of ether oxygens (including phenoxy) is 1. The topological polar surface area (TPSA) is 70.1 Å². The van der Waals surface area contributed by atoms with E-state index in [9.17, 15) is 4.79 Å². The monoisotopic (exact) mass is 221 g/mol. The van der Waals surface area contributed by atoms with Gasteiger partial charge in [-0.05, 0) is 6.92 Å². The van der Waals surface area contributed by atoms with Crippen molar-refractivity contribution in [2.75, 3.05) is 12.3 Å². The molecular weight excluding hydrogens is 206 g/mol. The summed E-state index contributed by atoms with van der Waals surface area (Å²) in [6.45, 7) is 4.25. The number of nitrogens with two attached hydrogens (primary N) is 1. The number of nitrogen functional groups attached to an aromatic ring is 1. The summed E-state index contributed by atoms with van der Waals surface area (Å²) in [6.07, 6.45) is 5.88. The van der Waals surface area contributed by atoms with Gasteiger partial charge in [-0.25, -0.2) is 9.78 Å². The number of anilines is 1. The van der Waals surface area contributed by atoms with Crippen LogP contribution in [0, 0.1) is 12.3 Å². The van der Waals surface area contributed by atoms with Gasteiger partial charge in [-0.15, -0.1) is 6.42 Å². The molecule has 5 heteroatoms. The van der Waals surface area contributed by atoms with E-state index in [4.69, 9.17) is 16.9 Å². The fourth-order valence-corrected chi connectivity index (χ4v) is 1.40. The number of terminal acetylenes is 1. The Kier molecular flexibility index (Phi) is 3.95. The molecule has 1 aromatic rings. The van der Waals surface area contributed by atoms with Crippen molar-refractivity contribution >= 4 is 11.8 Å². The molecule has 0 radical (unpaired) electrons. The van der Waals surface area contributed by atoms with Crippen molar-refractivity contribution in [3.05, 3.63) is 11.5 Å². The number of aromatic nitrogens is 2. The number of hydrogen-bond acceptors (Lipinski definition) is 4. The van der Waals surface area contributed by atoms with Crippen LogP contribution in [0.25, 0.3) is 0 Å². The van der Waals surface area contributed by atoms with E-state index in [1.807, 2.05) is 6.92 Å². The summed E-state index contributed by atoms with van der Waals surface area (Å²) in [6, 6.07) is 0. The second kappa shape index (κ2) is 5.21. The van der Waals surface area contributed by atoms with E-state index in [0.717, 1.165) is 0 Å². The molecule has 0 unspecified atom stereocenters. The highest BCUT2D eigenvalue weighted by atomic mass is 16.5. The maximum Gasteiger partial charge on any atom is 0.360 e. The van der Waals surface area contributed by atoms with E-state index < -0.39 is 5.97 Å². The number of carbonyl (C=O) groups is 1. The molecule has 0 spiro atoms. The van der Waals surface area contributed by atoms with Gasteiger partial charge in [0, 0.05) is 6.42 Å². The van der Waals surface area contributed by atoms with E-state index in [2.05, 4.69) is 10.9 Å². The molecule has 0 aromatic carbocycles. The standard InChI is InChI=1S/C11H15N3O2/c1-4-7-14-8(5-2)13-9(10(14)12)11(15)16-6-3/h1H,5-7,12H2,2-3H3. The number of hydrogen-bond donors (Lipinski definition) is 1. The minimum atomic E-state index is -0.509.